The summed E-state index contributed by atoms with van der Waals surface area (Å²) in [6, 6.07) is 20.1. The van der Waals surface area contributed by atoms with Crippen LogP contribution in [0.5, 0.6) is 0 Å². The minimum Gasteiger partial charge on any atom is -0.350 e. The van der Waals surface area contributed by atoms with Crippen molar-refractivity contribution in [1.29, 1.82) is 0 Å². The Bertz CT molecular complexity index is 1360. The van der Waals surface area contributed by atoms with E-state index in [2.05, 4.69) is 5.32 Å². The number of rotatable bonds is 9. The number of amides is 2. The molecule has 10 heteroatoms. The van der Waals surface area contributed by atoms with Gasteiger partial charge in [0, 0.05) is 22.1 Å². The zero-order valence-corrected chi connectivity index (χ0v) is 24.0. The first-order valence-electron chi connectivity index (χ1n) is 12.0. The number of anilines is 1. The van der Waals surface area contributed by atoms with Crippen LogP contribution >= 0.6 is 23.2 Å². The number of hydrogen-bond acceptors (Lipinski definition) is 4. The van der Waals surface area contributed by atoms with Crippen molar-refractivity contribution < 1.29 is 18.0 Å². The van der Waals surface area contributed by atoms with Crippen molar-refractivity contribution in [3.8, 4) is 0 Å². The van der Waals surface area contributed by atoms with Gasteiger partial charge in [-0.15, -0.1) is 0 Å². The molecule has 2 amide bonds. The first-order chi connectivity index (χ1) is 17.8. The average Bonchev–Trinajstić information content (AvgIpc) is 2.86. The fourth-order valence-corrected chi connectivity index (χ4v) is 5.39. The molecular formula is C28H31Cl2N3O4S. The Kier molecular flexibility index (Phi) is 9.46. The lowest BCUT2D eigenvalue weighted by Crippen LogP contribution is -2.54. The lowest BCUT2D eigenvalue weighted by atomic mass is 10.1. The number of benzene rings is 3. The molecule has 0 aliphatic heterocycles. The predicted molar refractivity (Wildman–Crippen MR) is 152 cm³/mol. The summed E-state index contributed by atoms with van der Waals surface area (Å²) in [5.74, 6) is -0.908. The summed E-state index contributed by atoms with van der Waals surface area (Å²) < 4.78 is 28.4. The summed E-state index contributed by atoms with van der Waals surface area (Å²) in [5, 5.41) is 3.86. The summed E-state index contributed by atoms with van der Waals surface area (Å²) in [4.78, 5) is 28.3. The van der Waals surface area contributed by atoms with E-state index in [4.69, 9.17) is 23.2 Å². The van der Waals surface area contributed by atoms with Crippen LogP contribution in [0.15, 0.2) is 83.8 Å². The normalized spacial score (nSPS) is 12.5. The minimum atomic E-state index is -4.12. The summed E-state index contributed by atoms with van der Waals surface area (Å²) in [5.41, 5.74) is 0.485. The van der Waals surface area contributed by atoms with Gasteiger partial charge in [-0.3, -0.25) is 13.9 Å². The number of hydrogen-bond donors (Lipinski definition) is 1. The van der Waals surface area contributed by atoms with Crippen LogP contribution in [-0.2, 0) is 26.2 Å². The van der Waals surface area contributed by atoms with Crippen molar-refractivity contribution in [2.24, 2.45) is 0 Å². The predicted octanol–water partition coefficient (Wildman–Crippen LogP) is 5.52. The SMILES string of the molecule is C[C@@H](C(=O)NC(C)(C)C)N(Cc1ccc(Cl)cc1)C(=O)CN(c1ccc(Cl)cc1)S(=O)(=O)c1ccccc1. The molecule has 0 unspecified atom stereocenters. The Morgan fingerprint density at radius 2 is 1.39 bits per heavy atom. The summed E-state index contributed by atoms with van der Waals surface area (Å²) in [7, 11) is -4.12. The number of nitrogens with zero attached hydrogens (tertiary/aromatic N) is 2. The van der Waals surface area contributed by atoms with Crippen LogP contribution in [0.3, 0.4) is 0 Å². The van der Waals surface area contributed by atoms with E-state index in [1.807, 2.05) is 20.8 Å². The van der Waals surface area contributed by atoms with Gasteiger partial charge >= 0.3 is 0 Å². The fourth-order valence-electron chi connectivity index (χ4n) is 3.70. The molecule has 3 aromatic carbocycles. The molecule has 0 bridgehead atoms. The highest BCUT2D eigenvalue weighted by Crippen LogP contribution is 2.26. The largest absolute Gasteiger partial charge is 0.350 e. The second-order valence-corrected chi connectivity index (χ2v) is 12.6. The lowest BCUT2D eigenvalue weighted by molar-refractivity contribution is -0.140. The molecule has 3 aromatic rings. The number of carbonyl (C=O) groups is 2. The van der Waals surface area contributed by atoms with Crippen LogP contribution in [0.1, 0.15) is 33.3 Å². The van der Waals surface area contributed by atoms with E-state index in [1.54, 1.807) is 61.5 Å². The zero-order chi connectivity index (χ0) is 28.1. The Hall–Kier alpha value is -3.07. The van der Waals surface area contributed by atoms with Crippen LogP contribution < -0.4 is 9.62 Å². The van der Waals surface area contributed by atoms with Gasteiger partial charge in [0.25, 0.3) is 10.0 Å². The fraction of sp³-hybridized carbons (Fsp3) is 0.286. The number of carbonyl (C=O) groups excluding carboxylic acids is 2. The molecule has 7 nitrogen and oxygen atoms in total. The highest BCUT2D eigenvalue weighted by atomic mass is 35.5. The van der Waals surface area contributed by atoms with Gasteiger partial charge < -0.3 is 10.2 Å². The van der Waals surface area contributed by atoms with Gasteiger partial charge in [0.2, 0.25) is 11.8 Å². The molecule has 0 aliphatic rings. The average molecular weight is 577 g/mol. The van der Waals surface area contributed by atoms with Gasteiger partial charge in [-0.2, -0.15) is 0 Å². The van der Waals surface area contributed by atoms with Crippen LogP contribution in [0.4, 0.5) is 5.69 Å². The maximum atomic E-state index is 13.8. The third kappa shape index (κ3) is 7.72. The molecule has 0 radical (unpaired) electrons. The van der Waals surface area contributed by atoms with E-state index in [1.165, 1.54) is 29.2 Å². The molecule has 1 N–H and O–H groups in total. The molecule has 0 aromatic heterocycles. The van der Waals surface area contributed by atoms with E-state index in [0.717, 1.165) is 9.87 Å². The maximum Gasteiger partial charge on any atom is 0.264 e. The second-order valence-electron chi connectivity index (χ2n) is 9.86. The Balaban J connectivity index is 2.01. The van der Waals surface area contributed by atoms with Gasteiger partial charge in [-0.25, -0.2) is 8.42 Å². The van der Waals surface area contributed by atoms with Crippen LogP contribution in [0, 0.1) is 0 Å². The Labute approximate surface area is 234 Å². The highest BCUT2D eigenvalue weighted by Gasteiger charge is 2.33. The van der Waals surface area contributed by atoms with Crippen molar-refractivity contribution in [2.45, 2.75) is 50.7 Å². The molecule has 0 aliphatic carbocycles. The number of halogens is 2. The van der Waals surface area contributed by atoms with Crippen molar-refractivity contribution in [1.82, 2.24) is 10.2 Å². The Morgan fingerprint density at radius 1 is 0.868 bits per heavy atom. The van der Waals surface area contributed by atoms with Gasteiger partial charge in [-0.05, 0) is 81.8 Å². The smallest absolute Gasteiger partial charge is 0.264 e. The van der Waals surface area contributed by atoms with Crippen molar-refractivity contribution >= 4 is 50.7 Å². The molecule has 38 heavy (non-hydrogen) atoms. The molecule has 0 saturated heterocycles. The quantitative estimate of drug-likeness (QED) is 0.364. The third-order valence-corrected chi connectivity index (χ3v) is 7.95. The molecule has 0 saturated carbocycles. The molecule has 0 spiro atoms. The van der Waals surface area contributed by atoms with Crippen molar-refractivity contribution in [3.05, 3.63) is 94.5 Å². The van der Waals surface area contributed by atoms with Gasteiger partial charge in [0.15, 0.2) is 0 Å². The van der Waals surface area contributed by atoms with Gasteiger partial charge in [0.05, 0.1) is 10.6 Å². The summed E-state index contributed by atoms with van der Waals surface area (Å²) >= 11 is 12.1. The monoisotopic (exact) mass is 575 g/mol. The van der Waals surface area contributed by atoms with Crippen molar-refractivity contribution in [3.63, 3.8) is 0 Å². The van der Waals surface area contributed by atoms with E-state index in [-0.39, 0.29) is 23.0 Å². The van der Waals surface area contributed by atoms with Crippen LogP contribution in [0.2, 0.25) is 10.0 Å². The molecule has 0 fully saturated rings. The van der Waals surface area contributed by atoms with Crippen LogP contribution in [-0.4, -0.2) is 43.3 Å². The standard InChI is InChI=1S/C28H31Cl2N3O4S/c1-20(27(35)31-28(2,3)4)32(18-21-10-12-22(29)13-11-21)26(34)19-33(24-16-14-23(30)15-17-24)38(36,37)25-8-6-5-7-9-25/h5-17,20H,18-19H2,1-4H3,(H,31,35)/t20-/m0/s1. The minimum absolute atomic E-state index is 0.0329. The zero-order valence-electron chi connectivity index (χ0n) is 21.7. The molecular weight excluding hydrogens is 545 g/mol. The first kappa shape index (κ1) is 29.5. The second kappa shape index (κ2) is 12.2. The molecule has 0 heterocycles. The van der Waals surface area contributed by atoms with Gasteiger partial charge in [-0.1, -0.05) is 53.5 Å². The third-order valence-electron chi connectivity index (χ3n) is 5.66. The first-order valence-corrected chi connectivity index (χ1v) is 14.2. The van der Waals surface area contributed by atoms with E-state index >= 15 is 0 Å². The number of nitrogens with one attached hydrogen (secondary N) is 1. The molecule has 3 rings (SSSR count). The highest BCUT2D eigenvalue weighted by molar-refractivity contribution is 7.92. The topological polar surface area (TPSA) is 86.8 Å². The van der Waals surface area contributed by atoms with E-state index in [9.17, 15) is 18.0 Å². The van der Waals surface area contributed by atoms with Gasteiger partial charge in [0.1, 0.15) is 12.6 Å². The molecule has 1 atom stereocenters. The van der Waals surface area contributed by atoms with Crippen molar-refractivity contribution in [2.75, 3.05) is 10.8 Å². The Morgan fingerprint density at radius 3 is 1.92 bits per heavy atom. The van der Waals surface area contributed by atoms with Crippen LogP contribution in [0.25, 0.3) is 0 Å². The lowest BCUT2D eigenvalue weighted by Gasteiger charge is -2.33. The van der Waals surface area contributed by atoms with E-state index in [0.29, 0.717) is 10.0 Å². The molecule has 202 valence electrons. The summed E-state index contributed by atoms with van der Waals surface area (Å²) in [6.45, 7) is 6.70. The summed E-state index contributed by atoms with van der Waals surface area (Å²) in [6.07, 6.45) is 0. The van der Waals surface area contributed by atoms with E-state index < -0.39 is 34.1 Å². The number of sulfonamides is 1. The maximum absolute atomic E-state index is 13.8.